The number of nitrogens with one attached hydrogen (secondary N) is 1. The summed E-state index contributed by atoms with van der Waals surface area (Å²) < 4.78 is 7.37. The second-order valence-electron chi connectivity index (χ2n) is 6.69. The first-order valence-corrected chi connectivity index (χ1v) is 8.54. The van der Waals surface area contributed by atoms with Crippen molar-refractivity contribution in [1.82, 2.24) is 14.5 Å². The van der Waals surface area contributed by atoms with Crippen molar-refractivity contribution in [2.45, 2.75) is 37.8 Å². The van der Waals surface area contributed by atoms with Crippen molar-refractivity contribution in [3.63, 3.8) is 0 Å². The number of aromatic amines is 1. The van der Waals surface area contributed by atoms with Crippen LogP contribution in [0.3, 0.4) is 0 Å². The minimum absolute atomic E-state index is 0. The Kier molecular flexibility index (Phi) is 5.18. The molecule has 0 amide bonds. The van der Waals surface area contributed by atoms with Crippen LogP contribution in [0.4, 0.5) is 5.69 Å². The molecular weight excluding hydrogens is 328 g/mol. The fraction of sp³-hybridized carbons (Fsp3) is 0.588. The Balaban J connectivity index is 0.00000169. The van der Waals surface area contributed by atoms with E-state index in [1.165, 1.54) is 0 Å². The average Bonchev–Trinajstić information content (AvgIpc) is 2.91. The van der Waals surface area contributed by atoms with Gasteiger partial charge >= 0.3 is 5.69 Å². The molecule has 4 rings (SSSR count). The van der Waals surface area contributed by atoms with E-state index in [1.54, 1.807) is 0 Å². The third-order valence-electron chi connectivity index (χ3n) is 5.31. The normalized spacial score (nSPS) is 21.0. The van der Waals surface area contributed by atoms with E-state index >= 15 is 0 Å². The zero-order valence-corrected chi connectivity index (χ0v) is 14.6. The number of likely N-dealkylation sites (tertiary alicyclic amines) is 1. The molecule has 0 saturated carbocycles. The van der Waals surface area contributed by atoms with E-state index in [0.29, 0.717) is 11.7 Å². The molecule has 0 atom stereocenters. The van der Waals surface area contributed by atoms with Gasteiger partial charge in [0.2, 0.25) is 0 Å². The first-order chi connectivity index (χ1) is 11.2. The molecule has 0 unspecified atom stereocenters. The molecule has 6 nitrogen and oxygen atoms in total. The first-order valence-electron chi connectivity index (χ1n) is 8.54. The standard InChI is InChI=1S/C17H24N4O2.ClH/c18-12-1-2-15-16(11-12)21(17(22)19-15)14-3-7-20(8-4-14)13-5-9-23-10-6-13;/h1-2,11,13-14H,3-10,18H2,(H,19,22);1H. The number of hydrogen-bond donors (Lipinski definition) is 2. The number of nitrogens with zero attached hydrogens (tertiary/aromatic N) is 2. The van der Waals surface area contributed by atoms with Crippen molar-refractivity contribution >= 4 is 29.1 Å². The van der Waals surface area contributed by atoms with E-state index < -0.39 is 0 Å². The number of halogens is 1. The van der Waals surface area contributed by atoms with Crippen LogP contribution in [-0.2, 0) is 4.74 Å². The molecule has 2 saturated heterocycles. The molecule has 0 radical (unpaired) electrons. The molecule has 3 N–H and O–H groups in total. The number of piperidine rings is 1. The van der Waals surface area contributed by atoms with E-state index in [1.807, 2.05) is 22.8 Å². The maximum atomic E-state index is 12.4. The molecule has 1 aromatic carbocycles. The lowest BCUT2D eigenvalue weighted by Crippen LogP contribution is -2.45. The van der Waals surface area contributed by atoms with Gasteiger partial charge in [0.25, 0.3) is 0 Å². The van der Waals surface area contributed by atoms with Crippen molar-refractivity contribution in [3.05, 3.63) is 28.7 Å². The number of rotatable bonds is 2. The Morgan fingerprint density at radius 2 is 1.79 bits per heavy atom. The van der Waals surface area contributed by atoms with Gasteiger partial charge in [0.1, 0.15) is 0 Å². The number of H-pyrrole nitrogens is 1. The third-order valence-corrected chi connectivity index (χ3v) is 5.31. The number of benzene rings is 1. The van der Waals surface area contributed by atoms with E-state index in [9.17, 15) is 4.79 Å². The van der Waals surface area contributed by atoms with E-state index in [2.05, 4.69) is 9.88 Å². The Hall–Kier alpha value is -1.50. The lowest BCUT2D eigenvalue weighted by atomic mass is 9.99. The van der Waals surface area contributed by atoms with E-state index in [0.717, 1.165) is 63.0 Å². The highest BCUT2D eigenvalue weighted by Crippen LogP contribution is 2.28. The zero-order chi connectivity index (χ0) is 15.8. The minimum atomic E-state index is -0.0184. The molecule has 132 valence electrons. The van der Waals surface area contributed by atoms with Crippen LogP contribution in [0.25, 0.3) is 11.0 Å². The van der Waals surface area contributed by atoms with Crippen molar-refractivity contribution in [2.75, 3.05) is 32.0 Å². The number of ether oxygens (including phenoxy) is 1. The van der Waals surface area contributed by atoms with Gasteiger partial charge < -0.3 is 20.4 Å². The van der Waals surface area contributed by atoms with Crippen LogP contribution in [0, 0.1) is 0 Å². The van der Waals surface area contributed by atoms with Gasteiger partial charge in [-0.3, -0.25) is 4.57 Å². The van der Waals surface area contributed by atoms with E-state index in [-0.39, 0.29) is 24.1 Å². The van der Waals surface area contributed by atoms with Crippen molar-refractivity contribution < 1.29 is 4.74 Å². The summed E-state index contributed by atoms with van der Waals surface area (Å²) in [6.45, 7) is 3.87. The minimum Gasteiger partial charge on any atom is -0.399 e. The second kappa shape index (κ2) is 7.17. The highest BCUT2D eigenvalue weighted by Gasteiger charge is 2.28. The molecule has 0 aliphatic carbocycles. The number of aromatic nitrogens is 2. The Bertz CT molecular complexity index is 743. The monoisotopic (exact) mass is 352 g/mol. The maximum absolute atomic E-state index is 12.4. The van der Waals surface area contributed by atoms with Crippen LogP contribution >= 0.6 is 12.4 Å². The Morgan fingerprint density at radius 1 is 1.08 bits per heavy atom. The summed E-state index contributed by atoms with van der Waals surface area (Å²) in [4.78, 5) is 17.9. The van der Waals surface area contributed by atoms with Gasteiger partial charge in [-0.15, -0.1) is 12.4 Å². The van der Waals surface area contributed by atoms with Crippen LogP contribution in [0.5, 0.6) is 0 Å². The van der Waals surface area contributed by atoms with Crippen molar-refractivity contribution in [1.29, 1.82) is 0 Å². The molecular formula is C17H25ClN4O2. The predicted molar refractivity (Wildman–Crippen MR) is 97.9 cm³/mol. The number of nitrogen functional groups attached to an aromatic ring is 1. The van der Waals surface area contributed by atoms with Gasteiger partial charge in [0, 0.05) is 44.1 Å². The number of imidazole rings is 1. The lowest BCUT2D eigenvalue weighted by molar-refractivity contribution is 0.0220. The number of hydrogen-bond acceptors (Lipinski definition) is 4. The first kappa shape index (κ1) is 17.3. The van der Waals surface area contributed by atoms with Gasteiger partial charge in [-0.05, 0) is 43.9 Å². The molecule has 1 aromatic heterocycles. The average molecular weight is 353 g/mol. The van der Waals surface area contributed by atoms with E-state index in [4.69, 9.17) is 10.5 Å². The van der Waals surface area contributed by atoms with Crippen LogP contribution in [0.15, 0.2) is 23.0 Å². The fourth-order valence-corrected chi connectivity index (χ4v) is 4.06. The summed E-state index contributed by atoms with van der Waals surface area (Å²) in [5, 5.41) is 0. The molecule has 0 spiro atoms. The number of fused-ring (bicyclic) bond motifs is 1. The second-order valence-corrected chi connectivity index (χ2v) is 6.69. The van der Waals surface area contributed by atoms with Crippen molar-refractivity contribution in [3.8, 4) is 0 Å². The number of nitrogens with two attached hydrogens (primary N) is 1. The molecule has 2 aromatic rings. The Labute approximate surface area is 147 Å². The molecule has 3 heterocycles. The maximum Gasteiger partial charge on any atom is 0.326 e. The summed E-state index contributed by atoms with van der Waals surface area (Å²) in [5.41, 5.74) is 8.38. The zero-order valence-electron chi connectivity index (χ0n) is 13.7. The van der Waals surface area contributed by atoms with Gasteiger partial charge in [0.15, 0.2) is 0 Å². The largest absolute Gasteiger partial charge is 0.399 e. The molecule has 2 fully saturated rings. The molecule has 2 aliphatic rings. The smallest absolute Gasteiger partial charge is 0.326 e. The SMILES string of the molecule is Cl.Nc1ccc2[nH]c(=O)n(C3CCN(C4CCOCC4)CC3)c2c1. The molecule has 7 heteroatoms. The summed E-state index contributed by atoms with van der Waals surface area (Å²) >= 11 is 0. The van der Waals surface area contributed by atoms with Crippen LogP contribution in [0.2, 0.25) is 0 Å². The highest BCUT2D eigenvalue weighted by molar-refractivity contribution is 5.85. The van der Waals surface area contributed by atoms with Crippen LogP contribution < -0.4 is 11.4 Å². The number of anilines is 1. The van der Waals surface area contributed by atoms with Gasteiger partial charge in [-0.2, -0.15) is 0 Å². The van der Waals surface area contributed by atoms with Gasteiger partial charge in [0.05, 0.1) is 11.0 Å². The summed E-state index contributed by atoms with van der Waals surface area (Å²) in [7, 11) is 0. The fourth-order valence-electron chi connectivity index (χ4n) is 4.06. The quantitative estimate of drug-likeness (QED) is 0.812. The Morgan fingerprint density at radius 3 is 2.50 bits per heavy atom. The van der Waals surface area contributed by atoms with Crippen LogP contribution in [0.1, 0.15) is 31.7 Å². The third kappa shape index (κ3) is 3.18. The summed E-state index contributed by atoms with van der Waals surface area (Å²) in [6.07, 6.45) is 4.29. The van der Waals surface area contributed by atoms with Gasteiger partial charge in [-0.1, -0.05) is 0 Å². The van der Waals surface area contributed by atoms with Gasteiger partial charge in [-0.25, -0.2) is 4.79 Å². The molecule has 0 bridgehead atoms. The predicted octanol–water partition coefficient (Wildman–Crippen LogP) is 2.15. The summed E-state index contributed by atoms with van der Waals surface area (Å²) in [5.74, 6) is 0. The van der Waals surface area contributed by atoms with Crippen molar-refractivity contribution in [2.24, 2.45) is 0 Å². The lowest BCUT2D eigenvalue weighted by Gasteiger charge is -2.39. The molecule has 2 aliphatic heterocycles. The van der Waals surface area contributed by atoms with Crippen LogP contribution in [-0.4, -0.2) is 46.8 Å². The topological polar surface area (TPSA) is 76.3 Å². The highest BCUT2D eigenvalue weighted by atomic mass is 35.5. The summed E-state index contributed by atoms with van der Waals surface area (Å²) in [6, 6.07) is 6.53. The molecule has 24 heavy (non-hydrogen) atoms.